The highest BCUT2D eigenvalue weighted by molar-refractivity contribution is 8.18. The molecule has 132 valence electrons. The molecule has 2 amide bonds. The summed E-state index contributed by atoms with van der Waals surface area (Å²) < 4.78 is 13.3. The number of carboxylic acid groups (broad SMARTS) is 1. The Morgan fingerprint density at radius 3 is 2.88 bits per heavy atom. The molecule has 0 radical (unpaired) electrons. The first-order valence-corrected chi connectivity index (χ1v) is 8.42. The standard InChI is InChI=1S/C16H16FN3O4S/c1-9-8-19(16(23)24)4-5-20(9)15-18-14(22)13(25-15)7-10-6-11(17)2-3-12(10)21/h2-3,6-7,9,21H,4-5,8H2,1H3,(H,23,24)/b13-7-/t9-/m0/s1. The molecule has 1 aromatic carbocycles. The molecule has 2 heterocycles. The van der Waals surface area contributed by atoms with Crippen molar-refractivity contribution in [2.75, 3.05) is 19.6 Å². The van der Waals surface area contributed by atoms with Crippen molar-refractivity contribution in [3.05, 3.63) is 34.5 Å². The van der Waals surface area contributed by atoms with Crippen LogP contribution in [0.3, 0.4) is 0 Å². The Balaban J connectivity index is 1.76. The number of amidine groups is 1. The Hall–Kier alpha value is -2.55. The molecule has 25 heavy (non-hydrogen) atoms. The van der Waals surface area contributed by atoms with Crippen LogP contribution in [0.1, 0.15) is 12.5 Å². The number of thioether (sulfide) groups is 1. The Bertz CT molecular complexity index is 796. The Morgan fingerprint density at radius 2 is 2.20 bits per heavy atom. The quantitative estimate of drug-likeness (QED) is 0.741. The summed E-state index contributed by atoms with van der Waals surface area (Å²) in [6.07, 6.45) is 0.436. The zero-order valence-corrected chi connectivity index (χ0v) is 14.2. The molecule has 1 aromatic rings. The molecule has 1 fully saturated rings. The van der Waals surface area contributed by atoms with Crippen LogP contribution in [0.15, 0.2) is 28.1 Å². The number of carbonyl (C=O) groups is 2. The van der Waals surface area contributed by atoms with Gasteiger partial charge < -0.3 is 20.0 Å². The monoisotopic (exact) mass is 365 g/mol. The molecule has 2 N–H and O–H groups in total. The van der Waals surface area contributed by atoms with Crippen molar-refractivity contribution in [2.24, 2.45) is 4.99 Å². The highest BCUT2D eigenvalue weighted by Gasteiger charge is 2.33. The molecular weight excluding hydrogens is 349 g/mol. The number of benzene rings is 1. The summed E-state index contributed by atoms with van der Waals surface area (Å²) in [5, 5.41) is 19.3. The number of phenols is 1. The molecule has 0 aromatic heterocycles. The van der Waals surface area contributed by atoms with Crippen LogP contribution >= 0.6 is 11.8 Å². The van der Waals surface area contributed by atoms with Gasteiger partial charge in [0.05, 0.1) is 4.91 Å². The maximum Gasteiger partial charge on any atom is 0.407 e. The van der Waals surface area contributed by atoms with Gasteiger partial charge in [-0.1, -0.05) is 0 Å². The van der Waals surface area contributed by atoms with Crippen LogP contribution in [-0.4, -0.2) is 62.9 Å². The van der Waals surface area contributed by atoms with Crippen LogP contribution in [0.25, 0.3) is 6.08 Å². The maximum absolute atomic E-state index is 13.3. The van der Waals surface area contributed by atoms with Gasteiger partial charge in [0.1, 0.15) is 11.6 Å². The molecule has 0 unspecified atom stereocenters. The second-order valence-corrected chi connectivity index (χ2v) is 6.79. The lowest BCUT2D eigenvalue weighted by atomic mass is 10.2. The smallest absolute Gasteiger partial charge is 0.407 e. The number of hydrogen-bond donors (Lipinski definition) is 2. The van der Waals surface area contributed by atoms with Crippen molar-refractivity contribution in [3.63, 3.8) is 0 Å². The van der Waals surface area contributed by atoms with Crippen molar-refractivity contribution in [1.82, 2.24) is 9.80 Å². The van der Waals surface area contributed by atoms with Crippen molar-refractivity contribution >= 4 is 35.0 Å². The number of halogens is 1. The number of aliphatic imine (C=N–C) groups is 1. The summed E-state index contributed by atoms with van der Waals surface area (Å²) in [5.41, 5.74) is 0.205. The lowest BCUT2D eigenvalue weighted by Gasteiger charge is -2.39. The van der Waals surface area contributed by atoms with E-state index < -0.39 is 17.8 Å². The Morgan fingerprint density at radius 1 is 1.44 bits per heavy atom. The minimum absolute atomic E-state index is 0.120. The van der Waals surface area contributed by atoms with E-state index in [9.17, 15) is 19.1 Å². The molecule has 0 spiro atoms. The van der Waals surface area contributed by atoms with E-state index in [0.29, 0.717) is 24.8 Å². The second kappa shape index (κ2) is 6.75. The summed E-state index contributed by atoms with van der Waals surface area (Å²) in [4.78, 5) is 30.7. The largest absolute Gasteiger partial charge is 0.507 e. The van der Waals surface area contributed by atoms with Crippen molar-refractivity contribution in [3.8, 4) is 5.75 Å². The van der Waals surface area contributed by atoms with Gasteiger partial charge >= 0.3 is 6.09 Å². The Labute approximate surface area is 147 Å². The van der Waals surface area contributed by atoms with Gasteiger partial charge in [-0.05, 0) is 43.0 Å². The van der Waals surface area contributed by atoms with E-state index in [1.54, 1.807) is 0 Å². The van der Waals surface area contributed by atoms with Gasteiger partial charge in [-0.3, -0.25) is 4.79 Å². The highest BCUT2D eigenvalue weighted by atomic mass is 32.2. The second-order valence-electron chi connectivity index (χ2n) is 5.78. The average Bonchev–Trinajstić information content (AvgIpc) is 2.91. The molecule has 0 saturated carbocycles. The van der Waals surface area contributed by atoms with Crippen LogP contribution < -0.4 is 0 Å². The summed E-state index contributed by atoms with van der Waals surface area (Å²) in [5.74, 6) is -1.10. The lowest BCUT2D eigenvalue weighted by molar-refractivity contribution is -0.113. The first-order valence-electron chi connectivity index (χ1n) is 7.60. The molecule has 0 bridgehead atoms. The van der Waals surface area contributed by atoms with E-state index >= 15 is 0 Å². The fourth-order valence-corrected chi connectivity index (χ4v) is 3.75. The first-order chi connectivity index (χ1) is 11.8. The zero-order valence-electron chi connectivity index (χ0n) is 13.3. The van der Waals surface area contributed by atoms with Crippen LogP contribution in [0, 0.1) is 5.82 Å². The average molecular weight is 365 g/mol. The predicted octanol–water partition coefficient (Wildman–Crippen LogP) is 2.19. The van der Waals surface area contributed by atoms with E-state index in [-0.39, 0.29) is 22.3 Å². The fraction of sp³-hybridized carbons (Fsp3) is 0.312. The number of carbonyl (C=O) groups excluding carboxylic acids is 1. The first kappa shape index (κ1) is 17.3. The molecule has 1 saturated heterocycles. The van der Waals surface area contributed by atoms with Crippen LogP contribution in [0.2, 0.25) is 0 Å². The summed E-state index contributed by atoms with van der Waals surface area (Å²) in [6.45, 7) is 2.96. The molecule has 1 atom stereocenters. The van der Waals surface area contributed by atoms with Gasteiger partial charge in [0.15, 0.2) is 5.17 Å². The number of aromatic hydroxyl groups is 1. The lowest BCUT2D eigenvalue weighted by Crippen LogP contribution is -2.54. The fourth-order valence-electron chi connectivity index (χ4n) is 2.72. The molecule has 9 heteroatoms. The zero-order chi connectivity index (χ0) is 18.1. The van der Waals surface area contributed by atoms with E-state index in [1.807, 2.05) is 11.8 Å². The molecular formula is C16H16FN3O4S. The van der Waals surface area contributed by atoms with Crippen LogP contribution in [0.5, 0.6) is 5.75 Å². The summed E-state index contributed by atoms with van der Waals surface area (Å²) in [6, 6.07) is 3.38. The van der Waals surface area contributed by atoms with Crippen LogP contribution in [0.4, 0.5) is 9.18 Å². The van der Waals surface area contributed by atoms with Crippen LogP contribution in [-0.2, 0) is 4.79 Å². The van der Waals surface area contributed by atoms with Gasteiger partial charge in [-0.15, -0.1) is 0 Å². The molecule has 7 nitrogen and oxygen atoms in total. The van der Waals surface area contributed by atoms with Gasteiger partial charge in [0, 0.05) is 31.2 Å². The molecule has 2 aliphatic heterocycles. The summed E-state index contributed by atoms with van der Waals surface area (Å²) >= 11 is 1.14. The Kier molecular flexibility index (Phi) is 4.67. The predicted molar refractivity (Wildman–Crippen MR) is 91.8 cm³/mol. The SMILES string of the molecule is C[C@H]1CN(C(=O)O)CCN1C1=NC(=O)/C(=C/c2cc(F)ccc2O)S1. The summed E-state index contributed by atoms with van der Waals surface area (Å²) in [7, 11) is 0. The number of amides is 2. The van der Waals surface area contributed by atoms with Gasteiger partial charge in [0.25, 0.3) is 5.91 Å². The van der Waals surface area contributed by atoms with E-state index in [1.165, 1.54) is 17.0 Å². The number of rotatable bonds is 1. The number of piperazine rings is 1. The molecule has 2 aliphatic rings. The number of nitrogens with zero attached hydrogens (tertiary/aromatic N) is 3. The van der Waals surface area contributed by atoms with Gasteiger partial charge in [0.2, 0.25) is 0 Å². The third-order valence-electron chi connectivity index (χ3n) is 4.03. The van der Waals surface area contributed by atoms with Gasteiger partial charge in [-0.2, -0.15) is 4.99 Å². The maximum atomic E-state index is 13.3. The third-order valence-corrected chi connectivity index (χ3v) is 5.05. The van der Waals surface area contributed by atoms with Gasteiger partial charge in [-0.25, -0.2) is 9.18 Å². The molecule has 0 aliphatic carbocycles. The molecule has 3 rings (SSSR count). The normalized spacial score (nSPS) is 22.5. The van der Waals surface area contributed by atoms with E-state index in [4.69, 9.17) is 5.11 Å². The van der Waals surface area contributed by atoms with E-state index in [2.05, 4.69) is 4.99 Å². The van der Waals surface area contributed by atoms with Crippen molar-refractivity contribution < 1.29 is 24.2 Å². The minimum Gasteiger partial charge on any atom is -0.507 e. The number of hydrogen-bond acceptors (Lipinski definition) is 5. The number of phenolic OH excluding ortho intramolecular Hbond substituents is 1. The minimum atomic E-state index is -0.967. The van der Waals surface area contributed by atoms with E-state index in [0.717, 1.165) is 23.9 Å². The topological polar surface area (TPSA) is 93.4 Å². The van der Waals surface area contributed by atoms with Crippen molar-refractivity contribution in [2.45, 2.75) is 13.0 Å². The van der Waals surface area contributed by atoms with Crippen molar-refractivity contribution in [1.29, 1.82) is 0 Å². The highest BCUT2D eigenvalue weighted by Crippen LogP contribution is 2.33. The third kappa shape index (κ3) is 3.60.